The fourth-order valence-corrected chi connectivity index (χ4v) is 3.88. The normalized spacial score (nSPS) is 11.5. The molecule has 178 valence electrons. The zero-order valence-electron chi connectivity index (χ0n) is 19.7. The van der Waals surface area contributed by atoms with Crippen molar-refractivity contribution in [3.8, 4) is 5.75 Å². The van der Waals surface area contributed by atoms with E-state index in [4.69, 9.17) is 4.74 Å². The summed E-state index contributed by atoms with van der Waals surface area (Å²) in [6.07, 6.45) is 1.24. The van der Waals surface area contributed by atoms with Crippen LogP contribution in [0.25, 0.3) is 0 Å². The minimum Gasteiger partial charge on any atom is -0.484 e. The lowest BCUT2D eigenvalue weighted by Gasteiger charge is -2.31. The van der Waals surface area contributed by atoms with E-state index < -0.39 is 6.04 Å². The SMILES string of the molecule is CCCNC(=O)[C@@H](Cc1ccccc1)N(Cc1ccccc1)C(=O)COc1ccc(Br)c(C)c1. The van der Waals surface area contributed by atoms with Crippen molar-refractivity contribution < 1.29 is 14.3 Å². The van der Waals surface area contributed by atoms with E-state index in [0.717, 1.165) is 27.6 Å². The molecule has 0 unspecified atom stereocenters. The van der Waals surface area contributed by atoms with Gasteiger partial charge >= 0.3 is 0 Å². The van der Waals surface area contributed by atoms with Gasteiger partial charge in [0.1, 0.15) is 11.8 Å². The van der Waals surface area contributed by atoms with Crippen LogP contribution in [0.2, 0.25) is 0 Å². The Labute approximate surface area is 210 Å². The minimum absolute atomic E-state index is 0.153. The van der Waals surface area contributed by atoms with E-state index in [0.29, 0.717) is 25.3 Å². The Kier molecular flexibility index (Phi) is 9.71. The summed E-state index contributed by atoms with van der Waals surface area (Å²) in [6, 6.07) is 24.5. The summed E-state index contributed by atoms with van der Waals surface area (Å²) < 4.78 is 6.82. The fraction of sp³-hybridized carbons (Fsp3) is 0.286. The third-order valence-electron chi connectivity index (χ3n) is 5.51. The van der Waals surface area contributed by atoms with E-state index in [2.05, 4.69) is 21.2 Å². The van der Waals surface area contributed by atoms with Crippen LogP contribution in [0.1, 0.15) is 30.0 Å². The van der Waals surface area contributed by atoms with E-state index in [-0.39, 0.29) is 18.4 Å². The number of halogens is 1. The van der Waals surface area contributed by atoms with Gasteiger partial charge in [-0.05, 0) is 48.2 Å². The summed E-state index contributed by atoms with van der Waals surface area (Å²) in [5.74, 6) is 0.218. The third-order valence-corrected chi connectivity index (χ3v) is 6.40. The number of aryl methyl sites for hydroxylation is 1. The molecule has 0 heterocycles. The fourth-order valence-electron chi connectivity index (χ4n) is 3.64. The molecule has 3 rings (SSSR count). The first kappa shape index (κ1) is 25.5. The highest BCUT2D eigenvalue weighted by Crippen LogP contribution is 2.22. The second-order valence-electron chi connectivity index (χ2n) is 8.20. The van der Waals surface area contributed by atoms with Crippen LogP contribution in [0.3, 0.4) is 0 Å². The molecule has 0 bridgehead atoms. The van der Waals surface area contributed by atoms with Crippen LogP contribution in [0.15, 0.2) is 83.3 Å². The van der Waals surface area contributed by atoms with Gasteiger partial charge in [-0.25, -0.2) is 0 Å². The lowest BCUT2D eigenvalue weighted by molar-refractivity contribution is -0.142. The van der Waals surface area contributed by atoms with Gasteiger partial charge in [0.15, 0.2) is 6.61 Å². The maximum absolute atomic E-state index is 13.5. The highest BCUT2D eigenvalue weighted by Gasteiger charge is 2.30. The van der Waals surface area contributed by atoms with Gasteiger partial charge < -0.3 is 15.0 Å². The molecule has 0 aliphatic rings. The average molecular weight is 523 g/mol. The van der Waals surface area contributed by atoms with Crippen molar-refractivity contribution in [2.75, 3.05) is 13.2 Å². The van der Waals surface area contributed by atoms with Crippen molar-refractivity contribution in [3.05, 3.63) is 100 Å². The molecular weight excluding hydrogens is 492 g/mol. The standard InChI is InChI=1S/C28H31BrN2O3/c1-3-16-30-28(33)26(18-22-10-6-4-7-11-22)31(19-23-12-8-5-9-13-23)27(32)20-34-24-14-15-25(29)21(2)17-24/h4-15,17,26H,3,16,18-20H2,1-2H3,(H,30,33)/t26-/m1/s1. The van der Waals surface area contributed by atoms with E-state index in [1.807, 2.05) is 92.7 Å². The van der Waals surface area contributed by atoms with Gasteiger partial charge in [-0.1, -0.05) is 83.5 Å². The van der Waals surface area contributed by atoms with Crippen LogP contribution in [0, 0.1) is 6.92 Å². The molecular formula is C28H31BrN2O3. The first-order chi connectivity index (χ1) is 16.5. The Bertz CT molecular complexity index is 1070. The second kappa shape index (κ2) is 12.9. The van der Waals surface area contributed by atoms with Crippen LogP contribution >= 0.6 is 15.9 Å². The predicted molar refractivity (Wildman–Crippen MR) is 139 cm³/mol. The summed E-state index contributed by atoms with van der Waals surface area (Å²) in [7, 11) is 0. The Morgan fingerprint density at radius 2 is 1.62 bits per heavy atom. The molecule has 2 amide bonds. The Hall–Kier alpha value is -3.12. The highest BCUT2D eigenvalue weighted by molar-refractivity contribution is 9.10. The summed E-state index contributed by atoms with van der Waals surface area (Å²) in [5.41, 5.74) is 2.97. The van der Waals surface area contributed by atoms with Gasteiger partial charge in [0.2, 0.25) is 5.91 Å². The van der Waals surface area contributed by atoms with Crippen LogP contribution < -0.4 is 10.1 Å². The maximum Gasteiger partial charge on any atom is 0.261 e. The number of amides is 2. The lowest BCUT2D eigenvalue weighted by Crippen LogP contribution is -2.51. The molecule has 3 aromatic rings. The summed E-state index contributed by atoms with van der Waals surface area (Å²) in [6.45, 7) is 4.70. The van der Waals surface area contributed by atoms with E-state index in [9.17, 15) is 9.59 Å². The van der Waals surface area contributed by atoms with E-state index in [1.54, 1.807) is 4.90 Å². The number of benzene rings is 3. The number of carbonyl (C=O) groups is 2. The van der Waals surface area contributed by atoms with E-state index >= 15 is 0 Å². The topological polar surface area (TPSA) is 58.6 Å². The molecule has 3 aromatic carbocycles. The molecule has 0 saturated heterocycles. The molecule has 0 radical (unpaired) electrons. The van der Waals surface area contributed by atoms with Crippen molar-refractivity contribution >= 4 is 27.7 Å². The predicted octanol–water partition coefficient (Wildman–Crippen LogP) is 5.30. The smallest absolute Gasteiger partial charge is 0.261 e. The van der Waals surface area contributed by atoms with Crippen molar-refractivity contribution in [2.45, 2.75) is 39.3 Å². The van der Waals surface area contributed by atoms with Gasteiger partial charge in [-0.2, -0.15) is 0 Å². The van der Waals surface area contributed by atoms with Crippen molar-refractivity contribution in [1.82, 2.24) is 10.2 Å². The van der Waals surface area contributed by atoms with Gasteiger partial charge in [0.05, 0.1) is 0 Å². The first-order valence-electron chi connectivity index (χ1n) is 11.5. The number of nitrogens with zero attached hydrogens (tertiary/aromatic N) is 1. The highest BCUT2D eigenvalue weighted by atomic mass is 79.9. The number of nitrogens with one attached hydrogen (secondary N) is 1. The number of hydrogen-bond donors (Lipinski definition) is 1. The maximum atomic E-state index is 13.5. The number of ether oxygens (including phenoxy) is 1. The molecule has 0 aliphatic heterocycles. The molecule has 34 heavy (non-hydrogen) atoms. The van der Waals surface area contributed by atoms with Gasteiger partial charge in [0, 0.05) is 24.0 Å². The molecule has 1 atom stereocenters. The summed E-state index contributed by atoms with van der Waals surface area (Å²) >= 11 is 3.48. The molecule has 1 N–H and O–H groups in total. The molecule has 0 aliphatic carbocycles. The number of carbonyl (C=O) groups excluding carboxylic acids is 2. The van der Waals surface area contributed by atoms with Crippen LogP contribution in [-0.2, 0) is 22.6 Å². The Morgan fingerprint density at radius 3 is 2.24 bits per heavy atom. The zero-order chi connectivity index (χ0) is 24.3. The van der Waals surface area contributed by atoms with Gasteiger partial charge in [-0.15, -0.1) is 0 Å². The van der Waals surface area contributed by atoms with Gasteiger partial charge in [0.25, 0.3) is 5.91 Å². The van der Waals surface area contributed by atoms with Crippen molar-refractivity contribution in [3.63, 3.8) is 0 Å². The second-order valence-corrected chi connectivity index (χ2v) is 9.06. The van der Waals surface area contributed by atoms with Gasteiger partial charge in [-0.3, -0.25) is 9.59 Å². The Balaban J connectivity index is 1.86. The van der Waals surface area contributed by atoms with Crippen LogP contribution in [-0.4, -0.2) is 35.9 Å². The zero-order valence-corrected chi connectivity index (χ0v) is 21.3. The number of rotatable bonds is 11. The summed E-state index contributed by atoms with van der Waals surface area (Å²) in [5, 5.41) is 2.98. The Morgan fingerprint density at radius 1 is 0.971 bits per heavy atom. The van der Waals surface area contributed by atoms with Crippen LogP contribution in [0.4, 0.5) is 0 Å². The monoisotopic (exact) mass is 522 g/mol. The quantitative estimate of drug-likeness (QED) is 0.371. The summed E-state index contributed by atoms with van der Waals surface area (Å²) in [4.78, 5) is 28.4. The largest absolute Gasteiger partial charge is 0.484 e. The number of hydrogen-bond acceptors (Lipinski definition) is 3. The molecule has 0 fully saturated rings. The van der Waals surface area contributed by atoms with Crippen molar-refractivity contribution in [1.29, 1.82) is 0 Å². The minimum atomic E-state index is -0.656. The molecule has 5 nitrogen and oxygen atoms in total. The molecule has 0 aromatic heterocycles. The third kappa shape index (κ3) is 7.45. The van der Waals surface area contributed by atoms with Crippen LogP contribution in [0.5, 0.6) is 5.75 Å². The average Bonchev–Trinajstić information content (AvgIpc) is 2.86. The van der Waals surface area contributed by atoms with Crippen molar-refractivity contribution in [2.24, 2.45) is 0 Å². The first-order valence-corrected chi connectivity index (χ1v) is 12.3. The molecule has 0 spiro atoms. The lowest BCUT2D eigenvalue weighted by atomic mass is 10.0. The molecule has 0 saturated carbocycles. The van der Waals surface area contributed by atoms with E-state index in [1.165, 1.54) is 0 Å². The molecule has 6 heteroatoms.